The minimum absolute atomic E-state index is 0.0408. The Balaban J connectivity index is 2.49. The van der Waals surface area contributed by atoms with Crippen LogP contribution in [0.25, 0.3) is 0 Å². The van der Waals surface area contributed by atoms with Crippen LogP contribution in [-0.2, 0) is 0 Å². The van der Waals surface area contributed by atoms with Crippen molar-refractivity contribution in [2.45, 2.75) is 26.3 Å². The summed E-state index contributed by atoms with van der Waals surface area (Å²) in [6.45, 7) is 5.00. The maximum atomic E-state index is 14.1. The summed E-state index contributed by atoms with van der Waals surface area (Å²) in [4.78, 5) is 1.97. The normalized spacial score (nSPS) is 24.4. The molecule has 1 fully saturated rings. The lowest BCUT2D eigenvalue weighted by Crippen LogP contribution is -2.28. The molecule has 2 rings (SSSR count). The summed E-state index contributed by atoms with van der Waals surface area (Å²) in [7, 11) is 0. The number of nitrogens with zero attached hydrogens (tertiary/aromatic N) is 1. The average Bonchev–Trinajstić information content (AvgIpc) is 2.55. The summed E-state index contributed by atoms with van der Waals surface area (Å²) in [6, 6.07) is 1.79. The topological polar surface area (TPSA) is 55.3 Å². The van der Waals surface area contributed by atoms with Gasteiger partial charge in [-0.05, 0) is 25.3 Å². The van der Waals surface area contributed by atoms with Gasteiger partial charge in [-0.3, -0.25) is 0 Å². The van der Waals surface area contributed by atoms with Crippen LogP contribution in [0.5, 0.6) is 0 Å². The van der Waals surface area contributed by atoms with Gasteiger partial charge in [-0.2, -0.15) is 0 Å². The van der Waals surface area contributed by atoms with E-state index >= 15 is 0 Å². The summed E-state index contributed by atoms with van der Waals surface area (Å²) < 4.78 is 14.1. The smallest absolute Gasteiger partial charge is 0.169 e. The molecule has 0 aliphatic carbocycles. The molecule has 0 spiro atoms. The van der Waals surface area contributed by atoms with Crippen molar-refractivity contribution in [3.05, 3.63) is 16.9 Å². The first kappa shape index (κ1) is 12.3. The van der Waals surface area contributed by atoms with Gasteiger partial charge >= 0.3 is 0 Å². The van der Waals surface area contributed by atoms with E-state index in [9.17, 15) is 4.39 Å². The Morgan fingerprint density at radius 2 is 2.00 bits per heavy atom. The fraction of sp³-hybridized carbons (Fsp3) is 0.500. The highest BCUT2D eigenvalue weighted by Crippen LogP contribution is 2.40. The lowest BCUT2D eigenvalue weighted by atomic mass is 10.1. The molecule has 1 heterocycles. The van der Waals surface area contributed by atoms with Crippen molar-refractivity contribution < 1.29 is 4.39 Å². The van der Waals surface area contributed by atoms with Gasteiger partial charge in [0.25, 0.3) is 0 Å². The first-order chi connectivity index (χ1) is 7.91. The Labute approximate surface area is 106 Å². The molecule has 2 atom stereocenters. The largest absolute Gasteiger partial charge is 0.397 e. The van der Waals surface area contributed by atoms with E-state index in [1.54, 1.807) is 0 Å². The minimum Gasteiger partial charge on any atom is -0.397 e. The second kappa shape index (κ2) is 4.26. The molecule has 4 N–H and O–H groups in total. The first-order valence-electron chi connectivity index (χ1n) is 5.71. The van der Waals surface area contributed by atoms with Crippen LogP contribution in [0.2, 0.25) is 5.02 Å². The van der Waals surface area contributed by atoms with Crippen molar-refractivity contribution in [3.63, 3.8) is 0 Å². The lowest BCUT2D eigenvalue weighted by Gasteiger charge is -2.26. The van der Waals surface area contributed by atoms with Crippen LogP contribution in [0.15, 0.2) is 6.07 Å². The summed E-state index contributed by atoms with van der Waals surface area (Å²) in [5.74, 6) is 0.0187. The molecule has 1 aromatic carbocycles. The van der Waals surface area contributed by atoms with E-state index in [-0.39, 0.29) is 16.8 Å². The fourth-order valence-electron chi connectivity index (χ4n) is 2.56. The summed E-state index contributed by atoms with van der Waals surface area (Å²) >= 11 is 5.84. The van der Waals surface area contributed by atoms with Crippen LogP contribution < -0.4 is 16.4 Å². The van der Waals surface area contributed by atoms with Gasteiger partial charge in [-0.25, -0.2) is 4.39 Å². The predicted octanol–water partition coefficient (Wildman–Crippen LogP) is 2.88. The summed E-state index contributed by atoms with van der Waals surface area (Å²) in [6.07, 6.45) is 1.03. The molecule has 1 saturated heterocycles. The van der Waals surface area contributed by atoms with E-state index in [1.807, 2.05) is 4.90 Å². The van der Waals surface area contributed by atoms with Crippen LogP contribution in [-0.4, -0.2) is 12.6 Å². The van der Waals surface area contributed by atoms with Crippen molar-refractivity contribution in [3.8, 4) is 0 Å². The zero-order chi connectivity index (χ0) is 12.7. The number of halogens is 2. The molecule has 0 amide bonds. The van der Waals surface area contributed by atoms with E-state index in [2.05, 4.69) is 13.8 Å². The number of nitrogen functional groups attached to an aromatic ring is 2. The number of hydrogen-bond donors (Lipinski definition) is 2. The van der Waals surface area contributed by atoms with Crippen molar-refractivity contribution in [2.75, 3.05) is 22.9 Å². The molecule has 3 nitrogen and oxygen atoms in total. The number of rotatable bonds is 1. The molecule has 0 bridgehead atoms. The molecular weight excluding hydrogens is 241 g/mol. The molecule has 0 aromatic heterocycles. The Morgan fingerprint density at radius 1 is 1.35 bits per heavy atom. The highest BCUT2D eigenvalue weighted by molar-refractivity contribution is 6.33. The van der Waals surface area contributed by atoms with Gasteiger partial charge in [0.1, 0.15) is 5.02 Å². The fourth-order valence-corrected chi connectivity index (χ4v) is 2.70. The minimum atomic E-state index is -0.509. The highest BCUT2D eigenvalue weighted by Gasteiger charge is 2.30. The van der Waals surface area contributed by atoms with Crippen molar-refractivity contribution in [1.82, 2.24) is 0 Å². The Hall–Kier alpha value is -1.16. The van der Waals surface area contributed by atoms with Crippen molar-refractivity contribution >= 4 is 28.7 Å². The van der Waals surface area contributed by atoms with Gasteiger partial charge in [0.05, 0.1) is 17.1 Å². The Bertz CT molecular complexity index is 450. The Kier molecular flexibility index (Phi) is 3.08. The second-order valence-electron chi connectivity index (χ2n) is 4.87. The summed E-state index contributed by atoms with van der Waals surface area (Å²) in [5, 5.41) is -0.0408. The number of nitrogens with two attached hydrogens (primary N) is 2. The Morgan fingerprint density at radius 3 is 2.53 bits per heavy atom. The first-order valence-corrected chi connectivity index (χ1v) is 6.09. The monoisotopic (exact) mass is 257 g/mol. The molecule has 1 aliphatic rings. The van der Waals surface area contributed by atoms with Gasteiger partial charge in [-0.1, -0.05) is 18.5 Å². The quantitative estimate of drug-likeness (QED) is 0.761. The van der Waals surface area contributed by atoms with Crippen molar-refractivity contribution in [1.29, 1.82) is 0 Å². The third-order valence-corrected chi connectivity index (χ3v) is 3.69. The molecule has 0 radical (unpaired) electrons. The van der Waals surface area contributed by atoms with E-state index in [0.717, 1.165) is 13.0 Å². The predicted molar refractivity (Wildman–Crippen MR) is 70.8 cm³/mol. The van der Waals surface area contributed by atoms with Gasteiger partial charge in [-0.15, -0.1) is 0 Å². The third kappa shape index (κ3) is 2.02. The maximum absolute atomic E-state index is 14.1. The molecule has 2 unspecified atom stereocenters. The van der Waals surface area contributed by atoms with E-state index in [1.165, 1.54) is 6.07 Å². The summed E-state index contributed by atoms with van der Waals surface area (Å²) in [5.41, 5.74) is 12.4. The van der Waals surface area contributed by atoms with Gasteiger partial charge in [0.15, 0.2) is 5.82 Å². The zero-order valence-electron chi connectivity index (χ0n) is 10.0. The maximum Gasteiger partial charge on any atom is 0.169 e. The molecule has 17 heavy (non-hydrogen) atoms. The number of hydrogen-bond acceptors (Lipinski definition) is 3. The number of benzene rings is 1. The van der Waals surface area contributed by atoms with E-state index in [0.29, 0.717) is 17.3 Å². The van der Waals surface area contributed by atoms with Gasteiger partial charge < -0.3 is 16.4 Å². The van der Waals surface area contributed by atoms with Gasteiger partial charge in [0, 0.05) is 12.6 Å². The highest BCUT2D eigenvalue weighted by atomic mass is 35.5. The van der Waals surface area contributed by atoms with Crippen molar-refractivity contribution in [2.24, 2.45) is 5.92 Å². The average molecular weight is 258 g/mol. The number of anilines is 3. The lowest BCUT2D eigenvalue weighted by molar-refractivity contribution is 0.614. The standard InChI is InChI=1S/C12H17ClFN3/c1-6-3-7(2)17(5-6)12-9(16)4-8(15)10(13)11(12)14/h4,6-7H,3,5,15-16H2,1-2H3. The molecule has 0 saturated carbocycles. The molecular formula is C12H17ClFN3. The van der Waals surface area contributed by atoms with Crippen LogP contribution in [0, 0.1) is 11.7 Å². The van der Waals surface area contributed by atoms with E-state index < -0.39 is 5.82 Å². The third-order valence-electron chi connectivity index (χ3n) is 3.31. The van der Waals surface area contributed by atoms with E-state index in [4.69, 9.17) is 23.1 Å². The molecule has 5 heteroatoms. The molecule has 1 aliphatic heterocycles. The van der Waals surface area contributed by atoms with Crippen LogP contribution >= 0.6 is 11.6 Å². The van der Waals surface area contributed by atoms with Crippen LogP contribution in [0.1, 0.15) is 20.3 Å². The van der Waals surface area contributed by atoms with Gasteiger partial charge in [0.2, 0.25) is 0 Å². The van der Waals surface area contributed by atoms with Crippen LogP contribution in [0.3, 0.4) is 0 Å². The van der Waals surface area contributed by atoms with Crippen LogP contribution in [0.4, 0.5) is 21.5 Å². The molecule has 1 aromatic rings. The molecule has 94 valence electrons. The second-order valence-corrected chi connectivity index (χ2v) is 5.25. The SMILES string of the molecule is CC1CC(C)N(c2c(N)cc(N)c(Cl)c2F)C1. The zero-order valence-corrected chi connectivity index (χ0v) is 10.8.